The highest BCUT2D eigenvalue weighted by molar-refractivity contribution is 5.77. The molecule has 0 heterocycles. The highest BCUT2D eigenvalue weighted by Crippen LogP contribution is 2.64. The fourth-order valence-corrected chi connectivity index (χ4v) is 2.77. The topological polar surface area (TPSA) is 37.3 Å². The number of carboxylic acid groups (broad SMARTS) is 1. The molecule has 1 aliphatic carbocycles. The number of rotatable bonds is 2. The summed E-state index contributed by atoms with van der Waals surface area (Å²) in [7, 11) is 0. The number of benzene rings is 1. The van der Waals surface area contributed by atoms with Crippen molar-refractivity contribution in [1.82, 2.24) is 0 Å². The predicted octanol–water partition coefficient (Wildman–Crippen LogP) is 3.13. The molecular formula is C14H18O2. The molecular weight excluding hydrogens is 200 g/mol. The Balaban J connectivity index is 2.40. The van der Waals surface area contributed by atoms with Gasteiger partial charge in [-0.05, 0) is 30.4 Å². The molecule has 0 amide bonds. The second-order valence-electron chi connectivity index (χ2n) is 5.47. The Kier molecular flexibility index (Phi) is 2.33. The first-order chi connectivity index (χ1) is 7.35. The monoisotopic (exact) mass is 218 g/mol. The van der Waals surface area contributed by atoms with Crippen LogP contribution >= 0.6 is 0 Å². The van der Waals surface area contributed by atoms with Gasteiger partial charge in [-0.25, -0.2) is 0 Å². The zero-order valence-corrected chi connectivity index (χ0v) is 10.2. The summed E-state index contributed by atoms with van der Waals surface area (Å²) in [5, 5.41) is 9.18. The summed E-state index contributed by atoms with van der Waals surface area (Å²) in [5.74, 6) is -0.728. The van der Waals surface area contributed by atoms with E-state index in [1.165, 1.54) is 16.7 Å². The van der Waals surface area contributed by atoms with Gasteiger partial charge in [-0.1, -0.05) is 37.6 Å². The number of carboxylic acids is 1. The van der Waals surface area contributed by atoms with Gasteiger partial charge in [-0.2, -0.15) is 0 Å². The van der Waals surface area contributed by atoms with Crippen LogP contribution < -0.4 is 0 Å². The van der Waals surface area contributed by atoms with Crippen LogP contribution in [-0.2, 0) is 4.79 Å². The SMILES string of the molecule is Cc1ccc(C)c(C2C(C(=O)O)C2(C)C)c1. The fourth-order valence-electron chi connectivity index (χ4n) is 2.77. The number of hydrogen-bond donors (Lipinski definition) is 1. The largest absolute Gasteiger partial charge is 0.481 e. The van der Waals surface area contributed by atoms with Gasteiger partial charge in [0.25, 0.3) is 0 Å². The molecule has 86 valence electrons. The second-order valence-corrected chi connectivity index (χ2v) is 5.47. The molecule has 0 aromatic heterocycles. The molecule has 1 saturated carbocycles. The van der Waals surface area contributed by atoms with Crippen molar-refractivity contribution in [2.45, 2.75) is 33.6 Å². The third-order valence-electron chi connectivity index (χ3n) is 3.86. The average molecular weight is 218 g/mol. The Morgan fingerprint density at radius 3 is 2.44 bits per heavy atom. The molecule has 2 heteroatoms. The maximum Gasteiger partial charge on any atom is 0.307 e. The van der Waals surface area contributed by atoms with Crippen LogP contribution in [0.3, 0.4) is 0 Å². The minimum absolute atomic E-state index is 0.107. The number of hydrogen-bond acceptors (Lipinski definition) is 1. The lowest BCUT2D eigenvalue weighted by atomic mass is 9.97. The summed E-state index contributed by atoms with van der Waals surface area (Å²) in [6.07, 6.45) is 0. The van der Waals surface area contributed by atoms with Gasteiger partial charge in [-0.15, -0.1) is 0 Å². The van der Waals surface area contributed by atoms with Gasteiger partial charge in [0.1, 0.15) is 0 Å². The maximum absolute atomic E-state index is 11.2. The molecule has 2 rings (SSSR count). The van der Waals surface area contributed by atoms with Crippen LogP contribution in [0.15, 0.2) is 18.2 Å². The lowest BCUT2D eigenvalue weighted by Gasteiger charge is -2.08. The van der Waals surface area contributed by atoms with Crippen molar-refractivity contribution < 1.29 is 9.90 Å². The average Bonchev–Trinajstić information content (AvgIpc) is 2.73. The number of carbonyl (C=O) groups is 1. The van der Waals surface area contributed by atoms with Crippen molar-refractivity contribution in [1.29, 1.82) is 0 Å². The van der Waals surface area contributed by atoms with Crippen molar-refractivity contribution >= 4 is 5.97 Å². The summed E-state index contributed by atoms with van der Waals surface area (Å²) in [4.78, 5) is 11.2. The van der Waals surface area contributed by atoms with E-state index in [9.17, 15) is 9.90 Å². The van der Waals surface area contributed by atoms with Crippen molar-refractivity contribution in [2.24, 2.45) is 11.3 Å². The van der Waals surface area contributed by atoms with Gasteiger partial charge in [0.15, 0.2) is 0 Å². The van der Waals surface area contributed by atoms with Gasteiger partial charge in [0.05, 0.1) is 5.92 Å². The predicted molar refractivity (Wildman–Crippen MR) is 63.6 cm³/mol. The molecule has 0 bridgehead atoms. The Morgan fingerprint density at radius 1 is 1.31 bits per heavy atom. The molecule has 16 heavy (non-hydrogen) atoms. The van der Waals surface area contributed by atoms with E-state index < -0.39 is 5.97 Å². The normalized spacial score (nSPS) is 26.5. The molecule has 2 atom stereocenters. The van der Waals surface area contributed by atoms with E-state index in [-0.39, 0.29) is 17.3 Å². The Morgan fingerprint density at radius 2 is 1.94 bits per heavy atom. The van der Waals surface area contributed by atoms with E-state index in [4.69, 9.17) is 0 Å². The minimum Gasteiger partial charge on any atom is -0.481 e. The van der Waals surface area contributed by atoms with Crippen LogP contribution in [0.5, 0.6) is 0 Å². The summed E-state index contributed by atoms with van der Waals surface area (Å²) in [6, 6.07) is 6.28. The molecule has 0 saturated heterocycles. The van der Waals surface area contributed by atoms with Crippen molar-refractivity contribution in [2.75, 3.05) is 0 Å². The van der Waals surface area contributed by atoms with Crippen LogP contribution in [-0.4, -0.2) is 11.1 Å². The van der Waals surface area contributed by atoms with Gasteiger partial charge in [0.2, 0.25) is 0 Å². The van der Waals surface area contributed by atoms with Crippen molar-refractivity contribution in [3.63, 3.8) is 0 Å². The van der Waals surface area contributed by atoms with E-state index in [1.54, 1.807) is 0 Å². The van der Waals surface area contributed by atoms with Crippen LogP contribution in [0, 0.1) is 25.2 Å². The molecule has 1 aromatic rings. The molecule has 1 aromatic carbocycles. The quantitative estimate of drug-likeness (QED) is 0.828. The zero-order valence-electron chi connectivity index (χ0n) is 10.2. The van der Waals surface area contributed by atoms with Gasteiger partial charge >= 0.3 is 5.97 Å². The summed E-state index contributed by atoms with van der Waals surface area (Å²) < 4.78 is 0. The van der Waals surface area contributed by atoms with Crippen LogP contribution in [0.1, 0.15) is 36.5 Å². The molecule has 1 aliphatic rings. The van der Waals surface area contributed by atoms with Crippen LogP contribution in [0.2, 0.25) is 0 Å². The Labute approximate surface area is 96.3 Å². The smallest absolute Gasteiger partial charge is 0.307 e. The fraction of sp³-hybridized carbons (Fsp3) is 0.500. The van der Waals surface area contributed by atoms with E-state index in [1.807, 2.05) is 20.8 Å². The summed E-state index contributed by atoms with van der Waals surface area (Å²) >= 11 is 0. The standard InChI is InChI=1S/C14H18O2/c1-8-5-6-9(2)10(7-8)11-12(13(15)16)14(11,3)4/h5-7,11-12H,1-4H3,(H,15,16). The van der Waals surface area contributed by atoms with Gasteiger partial charge in [0, 0.05) is 5.92 Å². The first kappa shape index (κ1) is 11.2. The first-order valence-corrected chi connectivity index (χ1v) is 5.65. The van der Waals surface area contributed by atoms with Gasteiger partial charge in [-0.3, -0.25) is 4.79 Å². The highest BCUT2D eigenvalue weighted by Gasteiger charge is 2.62. The Hall–Kier alpha value is -1.31. The van der Waals surface area contributed by atoms with Crippen LogP contribution in [0.4, 0.5) is 0 Å². The number of aliphatic carboxylic acids is 1. The lowest BCUT2D eigenvalue weighted by molar-refractivity contribution is -0.139. The maximum atomic E-state index is 11.2. The number of aryl methyl sites for hydroxylation is 2. The molecule has 2 unspecified atom stereocenters. The van der Waals surface area contributed by atoms with Crippen LogP contribution in [0.25, 0.3) is 0 Å². The summed E-state index contributed by atoms with van der Waals surface area (Å²) in [5.41, 5.74) is 3.50. The summed E-state index contributed by atoms with van der Waals surface area (Å²) in [6.45, 7) is 8.19. The zero-order chi connectivity index (χ0) is 12.1. The van der Waals surface area contributed by atoms with E-state index >= 15 is 0 Å². The second kappa shape index (κ2) is 3.34. The lowest BCUT2D eigenvalue weighted by Crippen LogP contribution is -2.03. The molecule has 0 radical (unpaired) electrons. The molecule has 0 aliphatic heterocycles. The van der Waals surface area contributed by atoms with Gasteiger partial charge < -0.3 is 5.11 Å². The van der Waals surface area contributed by atoms with E-state index in [0.29, 0.717) is 0 Å². The highest BCUT2D eigenvalue weighted by atomic mass is 16.4. The third kappa shape index (κ3) is 1.53. The first-order valence-electron chi connectivity index (χ1n) is 5.65. The molecule has 1 N–H and O–H groups in total. The Bertz CT molecular complexity index is 446. The van der Waals surface area contributed by atoms with Crippen molar-refractivity contribution in [3.8, 4) is 0 Å². The van der Waals surface area contributed by atoms with E-state index in [2.05, 4.69) is 25.1 Å². The molecule has 1 fully saturated rings. The van der Waals surface area contributed by atoms with Crippen molar-refractivity contribution in [3.05, 3.63) is 34.9 Å². The third-order valence-corrected chi connectivity index (χ3v) is 3.86. The molecule has 0 spiro atoms. The molecule has 2 nitrogen and oxygen atoms in total. The minimum atomic E-state index is -0.670. The van der Waals surface area contributed by atoms with E-state index in [0.717, 1.165) is 0 Å².